The average molecular weight is 254 g/mol. The zero-order valence-corrected chi connectivity index (χ0v) is 9.46. The molecule has 1 amide bonds. The largest absolute Gasteiger partial charge is 0.334 e. The van der Waals surface area contributed by atoms with Gasteiger partial charge in [-0.1, -0.05) is 34.1 Å². The van der Waals surface area contributed by atoms with Crippen molar-refractivity contribution in [2.45, 2.75) is 13.0 Å². The second-order valence-electron chi connectivity index (χ2n) is 3.43. The Balaban J connectivity index is 2.13. The lowest BCUT2D eigenvalue weighted by atomic mass is 10.1. The summed E-state index contributed by atoms with van der Waals surface area (Å²) in [5.74, 6) is 0.182. The van der Waals surface area contributed by atoms with Crippen molar-refractivity contribution < 1.29 is 4.79 Å². The molecule has 1 heterocycles. The Morgan fingerprint density at radius 1 is 1.36 bits per heavy atom. The van der Waals surface area contributed by atoms with Crippen molar-refractivity contribution >= 4 is 21.8 Å². The van der Waals surface area contributed by atoms with Crippen LogP contribution in [0.2, 0.25) is 0 Å². The minimum atomic E-state index is 0.182. The predicted octanol–water partition coefficient (Wildman–Crippen LogP) is 2.43. The van der Waals surface area contributed by atoms with Crippen LogP contribution in [0.3, 0.4) is 0 Å². The number of benzene rings is 1. The minimum absolute atomic E-state index is 0.182. The van der Waals surface area contributed by atoms with Crippen LogP contribution in [0.5, 0.6) is 0 Å². The molecule has 0 aliphatic carbocycles. The van der Waals surface area contributed by atoms with Crippen molar-refractivity contribution in [2.75, 3.05) is 11.9 Å². The Bertz CT molecular complexity index is 351. The number of hydrogen-bond acceptors (Lipinski definition) is 1. The molecule has 74 valence electrons. The van der Waals surface area contributed by atoms with Crippen molar-refractivity contribution in [3.8, 4) is 0 Å². The standard InChI is InChI=1S/C11H12BrNO/c12-6-3-7-13-8-9-4-1-2-5-10(9)11(13)14/h1-2,4-5H,3,6-8H2. The number of nitrogens with zero attached hydrogens (tertiary/aromatic N) is 1. The van der Waals surface area contributed by atoms with E-state index in [1.165, 1.54) is 0 Å². The first-order chi connectivity index (χ1) is 6.83. The van der Waals surface area contributed by atoms with Crippen molar-refractivity contribution in [3.05, 3.63) is 35.4 Å². The van der Waals surface area contributed by atoms with Crippen LogP contribution in [0.15, 0.2) is 24.3 Å². The molecule has 0 saturated carbocycles. The normalized spacial score (nSPS) is 14.6. The first kappa shape index (κ1) is 9.71. The van der Waals surface area contributed by atoms with Crippen LogP contribution in [0.25, 0.3) is 0 Å². The minimum Gasteiger partial charge on any atom is -0.334 e. The molecule has 2 nitrogen and oxygen atoms in total. The number of halogens is 1. The maximum Gasteiger partial charge on any atom is 0.254 e. The smallest absolute Gasteiger partial charge is 0.254 e. The summed E-state index contributed by atoms with van der Waals surface area (Å²) in [7, 11) is 0. The van der Waals surface area contributed by atoms with E-state index in [1.54, 1.807) is 0 Å². The van der Waals surface area contributed by atoms with Crippen LogP contribution in [-0.4, -0.2) is 22.7 Å². The molecule has 1 aliphatic heterocycles. The molecule has 1 aromatic carbocycles. The third-order valence-corrected chi connectivity index (χ3v) is 3.02. The summed E-state index contributed by atoms with van der Waals surface area (Å²) in [6.07, 6.45) is 1.01. The first-order valence-corrected chi connectivity index (χ1v) is 5.88. The van der Waals surface area contributed by atoms with E-state index in [9.17, 15) is 4.79 Å². The summed E-state index contributed by atoms with van der Waals surface area (Å²) in [6, 6.07) is 7.85. The van der Waals surface area contributed by atoms with E-state index in [4.69, 9.17) is 0 Å². The quantitative estimate of drug-likeness (QED) is 0.758. The summed E-state index contributed by atoms with van der Waals surface area (Å²) in [5.41, 5.74) is 2.04. The molecule has 0 spiro atoms. The van der Waals surface area contributed by atoms with E-state index < -0.39 is 0 Å². The highest BCUT2D eigenvalue weighted by molar-refractivity contribution is 9.09. The SMILES string of the molecule is O=C1c2ccccc2CN1CCCBr. The van der Waals surface area contributed by atoms with Gasteiger partial charge >= 0.3 is 0 Å². The Labute approximate surface area is 92.0 Å². The number of fused-ring (bicyclic) bond motifs is 1. The molecular weight excluding hydrogens is 242 g/mol. The molecule has 1 aliphatic rings. The van der Waals surface area contributed by atoms with Gasteiger partial charge in [0, 0.05) is 24.0 Å². The number of amides is 1. The highest BCUT2D eigenvalue weighted by atomic mass is 79.9. The average Bonchev–Trinajstić information content (AvgIpc) is 2.54. The van der Waals surface area contributed by atoms with E-state index in [2.05, 4.69) is 15.9 Å². The summed E-state index contributed by atoms with van der Waals surface area (Å²) < 4.78 is 0. The number of carbonyl (C=O) groups excluding carboxylic acids is 1. The second-order valence-corrected chi connectivity index (χ2v) is 4.22. The number of alkyl halides is 1. The van der Waals surface area contributed by atoms with Gasteiger partial charge in [0.1, 0.15) is 0 Å². The van der Waals surface area contributed by atoms with E-state index in [0.717, 1.165) is 36.0 Å². The lowest BCUT2D eigenvalue weighted by Gasteiger charge is -2.13. The van der Waals surface area contributed by atoms with Gasteiger partial charge in [-0.15, -0.1) is 0 Å². The fraction of sp³-hybridized carbons (Fsp3) is 0.364. The van der Waals surface area contributed by atoms with Crippen LogP contribution >= 0.6 is 15.9 Å². The lowest BCUT2D eigenvalue weighted by Crippen LogP contribution is -2.25. The zero-order valence-electron chi connectivity index (χ0n) is 7.87. The molecule has 0 aromatic heterocycles. The maximum absolute atomic E-state index is 11.8. The molecule has 0 saturated heterocycles. The van der Waals surface area contributed by atoms with Gasteiger partial charge in [0.2, 0.25) is 0 Å². The monoisotopic (exact) mass is 253 g/mol. The van der Waals surface area contributed by atoms with E-state index in [1.807, 2.05) is 29.2 Å². The van der Waals surface area contributed by atoms with Gasteiger partial charge in [0.15, 0.2) is 0 Å². The molecule has 0 radical (unpaired) electrons. The maximum atomic E-state index is 11.8. The molecule has 0 N–H and O–H groups in total. The molecule has 0 atom stereocenters. The molecular formula is C11H12BrNO. The van der Waals surface area contributed by atoms with Crippen LogP contribution in [0, 0.1) is 0 Å². The number of rotatable bonds is 3. The fourth-order valence-corrected chi connectivity index (χ4v) is 2.00. The van der Waals surface area contributed by atoms with Crippen molar-refractivity contribution in [3.63, 3.8) is 0 Å². The Hall–Kier alpha value is -0.830. The molecule has 3 heteroatoms. The van der Waals surface area contributed by atoms with Gasteiger partial charge in [0.25, 0.3) is 5.91 Å². The molecule has 2 rings (SSSR count). The van der Waals surface area contributed by atoms with Gasteiger partial charge in [-0.2, -0.15) is 0 Å². The van der Waals surface area contributed by atoms with Crippen molar-refractivity contribution in [1.82, 2.24) is 4.90 Å². The van der Waals surface area contributed by atoms with Crippen molar-refractivity contribution in [2.24, 2.45) is 0 Å². The van der Waals surface area contributed by atoms with Gasteiger partial charge in [-0.3, -0.25) is 4.79 Å². The van der Waals surface area contributed by atoms with Crippen LogP contribution in [0.1, 0.15) is 22.3 Å². The third kappa shape index (κ3) is 1.69. The lowest BCUT2D eigenvalue weighted by molar-refractivity contribution is 0.0779. The fourth-order valence-electron chi connectivity index (χ4n) is 1.75. The van der Waals surface area contributed by atoms with E-state index >= 15 is 0 Å². The summed E-state index contributed by atoms with van der Waals surface area (Å²) in [6.45, 7) is 1.63. The molecule has 0 fully saturated rings. The van der Waals surface area contributed by atoms with Gasteiger partial charge < -0.3 is 4.90 Å². The van der Waals surface area contributed by atoms with Gasteiger partial charge in [0.05, 0.1) is 0 Å². The summed E-state index contributed by atoms with van der Waals surface area (Å²) in [4.78, 5) is 13.7. The Morgan fingerprint density at radius 3 is 2.86 bits per heavy atom. The van der Waals surface area contributed by atoms with E-state index in [0.29, 0.717) is 0 Å². The number of hydrogen-bond donors (Lipinski definition) is 0. The third-order valence-electron chi connectivity index (χ3n) is 2.46. The van der Waals surface area contributed by atoms with Crippen molar-refractivity contribution in [1.29, 1.82) is 0 Å². The molecule has 1 aromatic rings. The van der Waals surface area contributed by atoms with Crippen LogP contribution in [0.4, 0.5) is 0 Å². The second kappa shape index (κ2) is 4.13. The first-order valence-electron chi connectivity index (χ1n) is 4.76. The summed E-state index contributed by atoms with van der Waals surface area (Å²) in [5, 5.41) is 0.952. The van der Waals surface area contributed by atoms with Crippen LogP contribution in [-0.2, 0) is 6.54 Å². The summed E-state index contributed by atoms with van der Waals surface area (Å²) >= 11 is 3.37. The Kier molecular flexibility index (Phi) is 2.87. The van der Waals surface area contributed by atoms with Gasteiger partial charge in [-0.25, -0.2) is 0 Å². The molecule has 0 unspecified atom stereocenters. The Morgan fingerprint density at radius 2 is 2.14 bits per heavy atom. The highest BCUT2D eigenvalue weighted by Gasteiger charge is 2.25. The van der Waals surface area contributed by atoms with Gasteiger partial charge in [-0.05, 0) is 18.1 Å². The topological polar surface area (TPSA) is 20.3 Å². The highest BCUT2D eigenvalue weighted by Crippen LogP contribution is 2.22. The predicted molar refractivity (Wildman–Crippen MR) is 59.6 cm³/mol. The van der Waals surface area contributed by atoms with E-state index in [-0.39, 0.29) is 5.91 Å². The molecule has 14 heavy (non-hydrogen) atoms. The zero-order chi connectivity index (χ0) is 9.97. The van der Waals surface area contributed by atoms with Crippen LogP contribution < -0.4 is 0 Å². The number of carbonyl (C=O) groups is 1. The molecule has 0 bridgehead atoms.